The van der Waals surface area contributed by atoms with E-state index in [2.05, 4.69) is 19.6 Å². The number of hydrogen-bond donors (Lipinski definition) is 0. The molecule has 0 unspecified atom stereocenters. The molecule has 6 nitrogen and oxygen atoms in total. The van der Waals surface area contributed by atoms with Crippen LogP contribution in [0.4, 0.5) is 0 Å². The van der Waals surface area contributed by atoms with E-state index >= 15 is 0 Å². The molecule has 0 aromatic rings. The summed E-state index contributed by atoms with van der Waals surface area (Å²) in [6.07, 6.45) is 2.46. The van der Waals surface area contributed by atoms with Gasteiger partial charge in [-0.15, -0.1) is 0 Å². The Bertz CT molecular complexity index is 188. The van der Waals surface area contributed by atoms with Crippen molar-refractivity contribution in [2.75, 3.05) is 13.2 Å². The molecule has 0 aromatic heterocycles. The van der Waals surface area contributed by atoms with Crippen LogP contribution in [-0.2, 0) is 50.9 Å². The molecule has 0 radical (unpaired) electrons. The zero-order valence-electron chi connectivity index (χ0n) is 12.2. The van der Waals surface area contributed by atoms with Crippen LogP contribution in [0.15, 0.2) is 0 Å². The smallest absolute Gasteiger partial charge is 0.298 e. The van der Waals surface area contributed by atoms with Crippen LogP contribution in [0.3, 0.4) is 0 Å². The molecule has 0 rings (SSSR count). The third-order valence-corrected chi connectivity index (χ3v) is 1.45. The molecule has 0 atom stereocenters. The fraction of sp³-hybridized carbons (Fsp3) is 0.833. The van der Waals surface area contributed by atoms with E-state index in [4.69, 9.17) is 0 Å². The van der Waals surface area contributed by atoms with Gasteiger partial charge in [-0.25, -0.2) is 9.59 Å². The zero-order valence-corrected chi connectivity index (χ0v) is 13.8. The predicted octanol–water partition coefficient (Wildman–Crippen LogP) is 2.56. The Morgan fingerprint density at radius 2 is 1.05 bits per heavy atom. The topological polar surface area (TPSA) is 71.1 Å². The summed E-state index contributed by atoms with van der Waals surface area (Å²) in [5.74, 6) is -0.585. The zero-order chi connectivity index (χ0) is 14.2. The van der Waals surface area contributed by atoms with Gasteiger partial charge in [-0.1, -0.05) is 13.8 Å². The van der Waals surface area contributed by atoms with Gasteiger partial charge >= 0.3 is 11.9 Å². The molecule has 0 amide bonds. The van der Waals surface area contributed by atoms with Crippen molar-refractivity contribution in [3.63, 3.8) is 0 Å². The van der Waals surface area contributed by atoms with Crippen LogP contribution < -0.4 is 0 Å². The first-order valence-corrected chi connectivity index (χ1v) is 6.26. The summed E-state index contributed by atoms with van der Waals surface area (Å²) < 4.78 is 0. The van der Waals surface area contributed by atoms with Gasteiger partial charge in [0.25, 0.3) is 0 Å². The molecule has 0 saturated heterocycles. The van der Waals surface area contributed by atoms with E-state index in [9.17, 15) is 9.59 Å². The molecule has 0 aliphatic heterocycles. The molecule has 0 aliphatic carbocycles. The molecule has 19 heavy (non-hydrogen) atoms. The molecule has 0 saturated carbocycles. The second-order valence-corrected chi connectivity index (χ2v) is 3.22. The quantitative estimate of drug-likeness (QED) is 0.390. The third kappa shape index (κ3) is 23.1. The Labute approximate surface area is 129 Å². The van der Waals surface area contributed by atoms with Crippen molar-refractivity contribution >= 4 is 11.9 Å². The Balaban J connectivity index is -0.000000256. The third-order valence-electron chi connectivity index (χ3n) is 1.45. The maximum atomic E-state index is 10.5. The predicted molar refractivity (Wildman–Crippen MR) is 65.3 cm³/mol. The molecular weight excluding hydrogens is 288 g/mol. The normalized spacial score (nSPS) is 8.63. The van der Waals surface area contributed by atoms with Gasteiger partial charge in [-0.05, 0) is 26.7 Å². The largest absolute Gasteiger partial charge is 0.342 e. The fourth-order valence-electron chi connectivity index (χ4n) is 0.741. The second kappa shape index (κ2) is 19.9. The molecule has 7 heteroatoms. The van der Waals surface area contributed by atoms with Gasteiger partial charge in [0.05, 0.1) is 13.2 Å². The van der Waals surface area contributed by atoms with Crippen LogP contribution in [0, 0.1) is 0 Å². The Morgan fingerprint density at radius 3 is 1.26 bits per heavy atom. The first kappa shape index (κ1) is 23.7. The summed E-state index contributed by atoms with van der Waals surface area (Å²) in [6, 6.07) is 0. The average molecular weight is 312 g/mol. The van der Waals surface area contributed by atoms with Crippen molar-refractivity contribution in [2.24, 2.45) is 0 Å². The minimum atomic E-state index is -0.292. The van der Waals surface area contributed by atoms with Crippen LogP contribution in [0.2, 0.25) is 0 Å². The second-order valence-electron chi connectivity index (χ2n) is 3.22. The van der Waals surface area contributed by atoms with Crippen LogP contribution in [0.1, 0.15) is 53.4 Å². The molecule has 0 heterocycles. The van der Waals surface area contributed by atoms with E-state index in [1.165, 1.54) is 0 Å². The van der Waals surface area contributed by atoms with Gasteiger partial charge in [0.1, 0.15) is 0 Å². The summed E-state index contributed by atoms with van der Waals surface area (Å²) in [7, 11) is 0. The number of carbonyl (C=O) groups is 2. The van der Waals surface area contributed by atoms with Gasteiger partial charge in [0, 0.05) is 34.6 Å². The average Bonchev–Trinajstić information content (AvgIpc) is 2.35. The molecule has 112 valence electrons. The van der Waals surface area contributed by atoms with Crippen LogP contribution in [0.25, 0.3) is 0 Å². The Morgan fingerprint density at radius 1 is 0.737 bits per heavy atom. The van der Waals surface area contributed by atoms with E-state index in [1.807, 2.05) is 13.8 Å². The van der Waals surface area contributed by atoms with E-state index in [1.54, 1.807) is 13.8 Å². The van der Waals surface area contributed by atoms with Crippen LogP contribution >= 0.6 is 0 Å². The monoisotopic (exact) mass is 312 g/mol. The van der Waals surface area contributed by atoms with Crippen LogP contribution in [0.5, 0.6) is 0 Å². The van der Waals surface area contributed by atoms with Gasteiger partial charge in [0.2, 0.25) is 0 Å². The van der Waals surface area contributed by atoms with E-state index < -0.39 is 0 Å². The fourth-order valence-corrected chi connectivity index (χ4v) is 0.741. The molecular formula is C12H24O6Ti. The van der Waals surface area contributed by atoms with Gasteiger partial charge < -0.3 is 0 Å². The standard InChI is InChI=1S/2C6H12O3.Ti/c2*1-3-5-6(7)9-8-4-2;/h2*3-5H2,1-2H3;. The molecule has 0 bridgehead atoms. The summed E-state index contributed by atoms with van der Waals surface area (Å²) >= 11 is 0. The first-order chi connectivity index (χ1) is 8.62. The summed E-state index contributed by atoms with van der Waals surface area (Å²) in [5, 5.41) is 0. The van der Waals surface area contributed by atoms with E-state index in [0.29, 0.717) is 26.1 Å². The van der Waals surface area contributed by atoms with Crippen molar-refractivity contribution < 1.29 is 50.9 Å². The van der Waals surface area contributed by atoms with Crippen molar-refractivity contribution in [1.29, 1.82) is 0 Å². The molecule has 0 aromatic carbocycles. The first-order valence-electron chi connectivity index (χ1n) is 6.26. The van der Waals surface area contributed by atoms with Crippen molar-refractivity contribution in [3.05, 3.63) is 0 Å². The summed E-state index contributed by atoms with van der Waals surface area (Å²) in [4.78, 5) is 38.3. The van der Waals surface area contributed by atoms with E-state index in [0.717, 1.165) is 12.8 Å². The van der Waals surface area contributed by atoms with Crippen LogP contribution in [-0.4, -0.2) is 25.2 Å². The van der Waals surface area contributed by atoms with Crippen molar-refractivity contribution in [2.45, 2.75) is 53.4 Å². The van der Waals surface area contributed by atoms with Crippen molar-refractivity contribution in [1.82, 2.24) is 0 Å². The Kier molecular flexibility index (Phi) is 24.8. The molecule has 0 spiro atoms. The van der Waals surface area contributed by atoms with Gasteiger partial charge in [-0.2, -0.15) is 9.78 Å². The van der Waals surface area contributed by atoms with Crippen molar-refractivity contribution in [3.8, 4) is 0 Å². The molecule has 0 N–H and O–H groups in total. The Hall–Kier alpha value is -0.426. The van der Waals surface area contributed by atoms with Gasteiger partial charge in [0.15, 0.2) is 0 Å². The SMILES string of the molecule is CCCC(=O)OOCC.CCCC(=O)OOCC.[Ti]. The molecule has 0 fully saturated rings. The minimum absolute atomic E-state index is 0. The summed E-state index contributed by atoms with van der Waals surface area (Å²) in [6.45, 7) is 8.17. The van der Waals surface area contributed by atoms with E-state index in [-0.39, 0.29) is 33.7 Å². The maximum Gasteiger partial charge on any atom is 0.342 e. The molecule has 0 aliphatic rings. The number of rotatable bonds is 8. The number of hydrogen-bond acceptors (Lipinski definition) is 6. The minimum Gasteiger partial charge on any atom is -0.298 e. The van der Waals surface area contributed by atoms with Gasteiger partial charge in [-0.3, -0.25) is 9.78 Å². The maximum absolute atomic E-state index is 10.5. The summed E-state index contributed by atoms with van der Waals surface area (Å²) in [5.41, 5.74) is 0. The number of carbonyl (C=O) groups excluding carboxylic acids is 2.